The van der Waals surface area contributed by atoms with Gasteiger partial charge < -0.3 is 26.0 Å². The quantitative estimate of drug-likeness (QED) is 0.451. The first kappa shape index (κ1) is 17.9. The highest BCUT2D eigenvalue weighted by Gasteiger charge is 2.07. The highest BCUT2D eigenvalue weighted by Crippen LogP contribution is 2.27. The lowest BCUT2D eigenvalue weighted by Gasteiger charge is -2.15. The van der Waals surface area contributed by atoms with Gasteiger partial charge in [-0.3, -0.25) is 0 Å². The predicted octanol–water partition coefficient (Wildman–Crippen LogP) is 2.64. The number of hydrogen-bond donors (Lipinski definition) is 4. The molecule has 1 aromatic carbocycles. The molecule has 0 aromatic heterocycles. The lowest BCUT2D eigenvalue weighted by atomic mass is 10.2. The molecule has 0 bridgehead atoms. The van der Waals surface area contributed by atoms with Gasteiger partial charge in [-0.05, 0) is 42.6 Å². The third-order valence-electron chi connectivity index (χ3n) is 2.52. The maximum atomic E-state index is 5.32. The molecule has 0 fully saturated rings. The van der Waals surface area contributed by atoms with Gasteiger partial charge in [-0.25, -0.2) is 0 Å². The minimum absolute atomic E-state index is 0.489. The number of rotatable bonds is 7. The highest BCUT2D eigenvalue weighted by atomic mass is 32.1. The summed E-state index contributed by atoms with van der Waals surface area (Å²) in [5, 5.41) is 13.2. The first-order chi connectivity index (χ1) is 10.6. The Balaban J connectivity index is 2.79. The Bertz CT molecular complexity index is 560. The van der Waals surface area contributed by atoms with Crippen molar-refractivity contribution in [1.29, 1.82) is 0 Å². The standard InChI is InChI=1S/C15H20N4OS2/c1-4-8-16-14(21)18-11-6-7-13(20-3)12(10-11)19-15(22)17-9-5-2/h4-7,10H,1-2,8-9H2,3H3,(H2,16,18,21)(H2,17,19,22). The van der Waals surface area contributed by atoms with Gasteiger partial charge in [0, 0.05) is 18.8 Å². The normalized spacial score (nSPS) is 9.32. The fourth-order valence-corrected chi connectivity index (χ4v) is 1.95. The van der Waals surface area contributed by atoms with Crippen LogP contribution in [0.25, 0.3) is 0 Å². The molecule has 0 saturated carbocycles. The lowest BCUT2D eigenvalue weighted by Crippen LogP contribution is -2.29. The van der Waals surface area contributed by atoms with E-state index in [1.54, 1.807) is 19.3 Å². The fourth-order valence-electron chi connectivity index (χ4n) is 1.55. The van der Waals surface area contributed by atoms with Crippen molar-refractivity contribution in [1.82, 2.24) is 10.6 Å². The molecule has 0 radical (unpaired) electrons. The summed E-state index contributed by atoms with van der Waals surface area (Å²) in [5.41, 5.74) is 1.55. The van der Waals surface area contributed by atoms with Crippen LogP contribution < -0.4 is 26.0 Å². The Morgan fingerprint density at radius 1 is 1.09 bits per heavy atom. The van der Waals surface area contributed by atoms with Crippen molar-refractivity contribution in [3.05, 3.63) is 43.5 Å². The van der Waals surface area contributed by atoms with Crippen molar-refractivity contribution in [2.24, 2.45) is 0 Å². The molecule has 1 aromatic rings. The van der Waals surface area contributed by atoms with Crippen LogP contribution in [0.15, 0.2) is 43.5 Å². The van der Waals surface area contributed by atoms with Crippen LogP contribution in [0.5, 0.6) is 5.75 Å². The molecule has 0 aliphatic rings. The molecule has 0 heterocycles. The van der Waals surface area contributed by atoms with E-state index < -0.39 is 0 Å². The van der Waals surface area contributed by atoms with Gasteiger partial charge in [0.15, 0.2) is 10.2 Å². The lowest BCUT2D eigenvalue weighted by molar-refractivity contribution is 0.417. The molecule has 118 valence electrons. The maximum absolute atomic E-state index is 5.32. The Kier molecular flexibility index (Phi) is 7.95. The van der Waals surface area contributed by atoms with E-state index in [0.717, 1.165) is 11.4 Å². The second kappa shape index (κ2) is 9.75. The minimum atomic E-state index is 0.489. The van der Waals surface area contributed by atoms with Crippen molar-refractivity contribution in [2.45, 2.75) is 0 Å². The van der Waals surface area contributed by atoms with Crippen LogP contribution in [0, 0.1) is 0 Å². The molecule has 4 N–H and O–H groups in total. The SMILES string of the molecule is C=CCNC(=S)Nc1ccc(OC)c(NC(=S)NCC=C)c1. The van der Waals surface area contributed by atoms with Crippen LogP contribution in [-0.2, 0) is 0 Å². The van der Waals surface area contributed by atoms with E-state index in [1.807, 2.05) is 18.2 Å². The molecule has 0 saturated heterocycles. The van der Waals surface area contributed by atoms with Gasteiger partial charge in [0.1, 0.15) is 5.75 Å². The molecule has 0 aliphatic carbocycles. The van der Waals surface area contributed by atoms with Crippen LogP contribution in [0.1, 0.15) is 0 Å². The van der Waals surface area contributed by atoms with Gasteiger partial charge in [-0.15, -0.1) is 13.2 Å². The smallest absolute Gasteiger partial charge is 0.171 e. The first-order valence-electron chi connectivity index (χ1n) is 6.60. The second-order valence-electron chi connectivity index (χ2n) is 4.16. The van der Waals surface area contributed by atoms with Crippen molar-refractivity contribution >= 4 is 46.0 Å². The van der Waals surface area contributed by atoms with Crippen molar-refractivity contribution in [2.75, 3.05) is 30.8 Å². The second-order valence-corrected chi connectivity index (χ2v) is 4.98. The van der Waals surface area contributed by atoms with E-state index in [4.69, 9.17) is 29.2 Å². The number of ether oxygens (including phenoxy) is 1. The van der Waals surface area contributed by atoms with E-state index in [9.17, 15) is 0 Å². The van der Waals surface area contributed by atoms with Crippen molar-refractivity contribution in [3.8, 4) is 5.75 Å². The molecule has 0 aliphatic heterocycles. The van der Waals surface area contributed by atoms with Crippen LogP contribution in [0.4, 0.5) is 11.4 Å². The van der Waals surface area contributed by atoms with Crippen LogP contribution in [0.2, 0.25) is 0 Å². The summed E-state index contributed by atoms with van der Waals surface area (Å²) in [4.78, 5) is 0. The van der Waals surface area contributed by atoms with E-state index in [1.165, 1.54) is 0 Å². The third-order valence-corrected chi connectivity index (χ3v) is 3.01. The van der Waals surface area contributed by atoms with Gasteiger partial charge in [0.2, 0.25) is 0 Å². The van der Waals surface area contributed by atoms with Gasteiger partial charge in [-0.2, -0.15) is 0 Å². The monoisotopic (exact) mass is 336 g/mol. The molecule has 0 amide bonds. The van der Waals surface area contributed by atoms with Gasteiger partial charge >= 0.3 is 0 Å². The summed E-state index contributed by atoms with van der Waals surface area (Å²) < 4.78 is 5.32. The average molecular weight is 336 g/mol. The predicted molar refractivity (Wildman–Crippen MR) is 102 cm³/mol. The Morgan fingerprint density at radius 3 is 2.23 bits per heavy atom. The molecule has 0 unspecified atom stereocenters. The Morgan fingerprint density at radius 2 is 1.68 bits per heavy atom. The zero-order valence-corrected chi connectivity index (χ0v) is 14.1. The number of hydrogen-bond acceptors (Lipinski definition) is 3. The zero-order valence-electron chi connectivity index (χ0n) is 12.4. The van der Waals surface area contributed by atoms with Gasteiger partial charge in [0.25, 0.3) is 0 Å². The van der Waals surface area contributed by atoms with E-state index in [2.05, 4.69) is 34.4 Å². The van der Waals surface area contributed by atoms with Gasteiger partial charge in [-0.1, -0.05) is 12.2 Å². The highest BCUT2D eigenvalue weighted by molar-refractivity contribution is 7.80. The third kappa shape index (κ3) is 6.11. The number of thiocarbonyl (C=S) groups is 2. The molecule has 5 nitrogen and oxygen atoms in total. The summed E-state index contributed by atoms with van der Waals surface area (Å²) in [5.74, 6) is 0.679. The Hall–Kier alpha value is -2.12. The Labute approximate surface area is 141 Å². The minimum Gasteiger partial charge on any atom is -0.495 e. The zero-order chi connectivity index (χ0) is 16.4. The first-order valence-corrected chi connectivity index (χ1v) is 7.42. The van der Waals surface area contributed by atoms with E-state index in [0.29, 0.717) is 29.1 Å². The van der Waals surface area contributed by atoms with E-state index in [-0.39, 0.29) is 0 Å². The van der Waals surface area contributed by atoms with Gasteiger partial charge in [0.05, 0.1) is 12.8 Å². The number of benzene rings is 1. The van der Waals surface area contributed by atoms with E-state index >= 15 is 0 Å². The largest absolute Gasteiger partial charge is 0.495 e. The van der Waals surface area contributed by atoms with Crippen molar-refractivity contribution < 1.29 is 4.74 Å². The maximum Gasteiger partial charge on any atom is 0.171 e. The average Bonchev–Trinajstić information content (AvgIpc) is 2.51. The fraction of sp³-hybridized carbons (Fsp3) is 0.200. The number of nitrogens with one attached hydrogen (secondary N) is 4. The molecule has 22 heavy (non-hydrogen) atoms. The summed E-state index contributed by atoms with van der Waals surface area (Å²) >= 11 is 10.4. The summed E-state index contributed by atoms with van der Waals surface area (Å²) in [6.07, 6.45) is 3.46. The summed E-state index contributed by atoms with van der Waals surface area (Å²) in [7, 11) is 1.60. The number of methoxy groups -OCH3 is 1. The molecule has 0 spiro atoms. The summed E-state index contributed by atoms with van der Waals surface area (Å²) in [6, 6.07) is 5.56. The van der Waals surface area contributed by atoms with Crippen LogP contribution >= 0.6 is 24.4 Å². The summed E-state index contributed by atoms with van der Waals surface area (Å²) in [6.45, 7) is 8.45. The van der Waals surface area contributed by atoms with Crippen LogP contribution in [0.3, 0.4) is 0 Å². The topological polar surface area (TPSA) is 57.4 Å². The molecular weight excluding hydrogens is 316 g/mol. The molecular formula is C15H20N4OS2. The molecule has 1 rings (SSSR count). The van der Waals surface area contributed by atoms with Crippen LogP contribution in [-0.4, -0.2) is 30.4 Å². The molecule has 7 heteroatoms. The van der Waals surface area contributed by atoms with Crippen molar-refractivity contribution in [3.63, 3.8) is 0 Å². The number of anilines is 2. The molecule has 0 atom stereocenters.